The lowest BCUT2D eigenvalue weighted by Gasteiger charge is -2.42. The largest absolute Gasteiger partial charge is 0.394 e. The van der Waals surface area contributed by atoms with Crippen LogP contribution in [0.3, 0.4) is 0 Å². The van der Waals surface area contributed by atoms with Crippen LogP contribution in [0.2, 0.25) is 0 Å². The highest BCUT2D eigenvalue weighted by molar-refractivity contribution is 5.40. The van der Waals surface area contributed by atoms with Crippen LogP contribution in [-0.2, 0) is 11.3 Å². The number of pyridine rings is 1. The molecule has 18 heavy (non-hydrogen) atoms. The number of aliphatic hydroxyl groups excluding tert-OH is 1. The number of hydrogen-bond acceptors (Lipinski definition) is 5. The van der Waals surface area contributed by atoms with Crippen LogP contribution in [-0.4, -0.2) is 41.5 Å². The van der Waals surface area contributed by atoms with E-state index in [1.54, 1.807) is 0 Å². The highest BCUT2D eigenvalue weighted by Gasteiger charge is 2.33. The van der Waals surface area contributed by atoms with Gasteiger partial charge in [-0.05, 0) is 26.0 Å². The molecule has 1 atom stereocenters. The predicted octanol–water partition coefficient (Wildman–Crippen LogP) is 0.516. The van der Waals surface area contributed by atoms with Crippen molar-refractivity contribution in [2.75, 3.05) is 24.6 Å². The van der Waals surface area contributed by atoms with Gasteiger partial charge >= 0.3 is 0 Å². The minimum Gasteiger partial charge on any atom is -0.394 e. The van der Waals surface area contributed by atoms with Crippen LogP contribution in [0.4, 0.5) is 5.82 Å². The molecule has 2 rings (SSSR count). The van der Waals surface area contributed by atoms with E-state index in [9.17, 15) is 5.11 Å². The maximum atomic E-state index is 9.30. The van der Waals surface area contributed by atoms with Gasteiger partial charge in [-0.3, -0.25) is 0 Å². The van der Waals surface area contributed by atoms with Crippen LogP contribution in [0, 0.1) is 0 Å². The third-order valence-electron chi connectivity index (χ3n) is 3.01. The van der Waals surface area contributed by atoms with Gasteiger partial charge in [-0.2, -0.15) is 0 Å². The van der Waals surface area contributed by atoms with Crippen molar-refractivity contribution in [3.63, 3.8) is 0 Å². The number of anilines is 1. The first-order chi connectivity index (χ1) is 8.54. The number of aliphatic hydroxyl groups is 1. The molecular weight excluding hydrogens is 230 g/mol. The van der Waals surface area contributed by atoms with Crippen LogP contribution in [0.1, 0.15) is 19.5 Å². The molecule has 1 unspecified atom stereocenters. The van der Waals surface area contributed by atoms with Gasteiger partial charge in [-0.15, -0.1) is 0 Å². The maximum absolute atomic E-state index is 9.30. The first-order valence-corrected chi connectivity index (χ1v) is 6.24. The molecule has 0 radical (unpaired) electrons. The number of nitrogens with two attached hydrogens (primary N) is 1. The van der Waals surface area contributed by atoms with E-state index in [-0.39, 0.29) is 18.3 Å². The van der Waals surface area contributed by atoms with Gasteiger partial charge in [0, 0.05) is 19.6 Å². The summed E-state index contributed by atoms with van der Waals surface area (Å²) in [6, 6.07) is 5.84. The Hall–Kier alpha value is -1.17. The van der Waals surface area contributed by atoms with Crippen LogP contribution < -0.4 is 10.6 Å². The smallest absolute Gasteiger partial charge is 0.129 e. The number of morpholine rings is 1. The molecule has 1 aliphatic heterocycles. The standard InChI is InChI=1S/C13H21N3O2/c1-13(2)9-16(7-11(8-17)18-13)12-5-3-4-10(6-14)15-12/h3-5,11,17H,6-9,14H2,1-2H3. The zero-order valence-electron chi connectivity index (χ0n) is 11.0. The summed E-state index contributed by atoms with van der Waals surface area (Å²) in [4.78, 5) is 6.66. The molecule has 1 aliphatic rings. The third kappa shape index (κ3) is 2.98. The fourth-order valence-electron chi connectivity index (χ4n) is 2.32. The van der Waals surface area contributed by atoms with Crippen LogP contribution in [0.15, 0.2) is 18.2 Å². The number of hydrogen-bond donors (Lipinski definition) is 2. The minimum atomic E-state index is -0.286. The Kier molecular flexibility index (Phi) is 3.85. The fraction of sp³-hybridized carbons (Fsp3) is 0.615. The molecule has 5 nitrogen and oxygen atoms in total. The van der Waals surface area contributed by atoms with E-state index >= 15 is 0 Å². The van der Waals surface area contributed by atoms with E-state index in [2.05, 4.69) is 9.88 Å². The van der Waals surface area contributed by atoms with Gasteiger partial charge in [-0.1, -0.05) is 6.07 Å². The molecule has 1 aromatic rings. The van der Waals surface area contributed by atoms with E-state index in [0.29, 0.717) is 13.1 Å². The third-order valence-corrected chi connectivity index (χ3v) is 3.01. The molecule has 1 saturated heterocycles. The number of rotatable bonds is 3. The Morgan fingerprint density at radius 3 is 3.00 bits per heavy atom. The zero-order chi connectivity index (χ0) is 13.2. The Bertz CT molecular complexity index is 409. The highest BCUT2D eigenvalue weighted by atomic mass is 16.5. The molecule has 0 aromatic carbocycles. The highest BCUT2D eigenvalue weighted by Crippen LogP contribution is 2.24. The second-order valence-electron chi connectivity index (χ2n) is 5.25. The Morgan fingerprint density at radius 1 is 1.56 bits per heavy atom. The average molecular weight is 251 g/mol. The quantitative estimate of drug-likeness (QED) is 0.819. The predicted molar refractivity (Wildman–Crippen MR) is 70.4 cm³/mol. The van der Waals surface area contributed by atoms with Gasteiger partial charge < -0.3 is 20.5 Å². The normalized spacial score (nSPS) is 23.1. The second-order valence-corrected chi connectivity index (χ2v) is 5.25. The molecular formula is C13H21N3O2. The van der Waals surface area contributed by atoms with Crippen molar-refractivity contribution in [2.45, 2.75) is 32.1 Å². The molecule has 3 N–H and O–H groups in total. The number of ether oxygens (including phenoxy) is 1. The number of aromatic nitrogens is 1. The van der Waals surface area contributed by atoms with Crippen LogP contribution in [0.5, 0.6) is 0 Å². The summed E-state index contributed by atoms with van der Waals surface area (Å²) < 4.78 is 5.79. The molecule has 2 heterocycles. The average Bonchev–Trinajstić information content (AvgIpc) is 2.37. The van der Waals surface area contributed by atoms with Crippen molar-refractivity contribution in [3.8, 4) is 0 Å². The van der Waals surface area contributed by atoms with Gasteiger partial charge in [0.1, 0.15) is 5.82 Å². The lowest BCUT2D eigenvalue weighted by molar-refractivity contribution is -0.101. The Labute approximate surface area is 108 Å². The summed E-state index contributed by atoms with van der Waals surface area (Å²) in [5, 5.41) is 9.30. The maximum Gasteiger partial charge on any atom is 0.129 e. The SMILES string of the molecule is CC1(C)CN(c2cccc(CN)n2)CC(CO)O1. The summed E-state index contributed by atoms with van der Waals surface area (Å²) >= 11 is 0. The van der Waals surface area contributed by atoms with Crippen molar-refractivity contribution in [1.29, 1.82) is 0 Å². The monoisotopic (exact) mass is 251 g/mol. The van der Waals surface area contributed by atoms with Gasteiger partial charge in [0.25, 0.3) is 0 Å². The van der Waals surface area contributed by atoms with Crippen molar-refractivity contribution in [1.82, 2.24) is 4.98 Å². The van der Waals surface area contributed by atoms with Crippen molar-refractivity contribution >= 4 is 5.82 Å². The summed E-state index contributed by atoms with van der Waals surface area (Å²) in [6.07, 6.45) is -0.169. The fourth-order valence-corrected chi connectivity index (χ4v) is 2.32. The summed E-state index contributed by atoms with van der Waals surface area (Å²) in [6.45, 7) is 5.91. The first kappa shape index (κ1) is 13.3. The molecule has 1 aromatic heterocycles. The van der Waals surface area contributed by atoms with E-state index < -0.39 is 0 Å². The van der Waals surface area contributed by atoms with Gasteiger partial charge in [0.05, 0.1) is 24.0 Å². The Balaban J connectivity index is 2.20. The van der Waals surface area contributed by atoms with Crippen LogP contribution >= 0.6 is 0 Å². The van der Waals surface area contributed by atoms with E-state index in [0.717, 1.165) is 18.1 Å². The molecule has 0 bridgehead atoms. The zero-order valence-corrected chi connectivity index (χ0v) is 11.0. The van der Waals surface area contributed by atoms with Crippen LogP contribution in [0.25, 0.3) is 0 Å². The summed E-state index contributed by atoms with van der Waals surface area (Å²) in [5.41, 5.74) is 6.20. The molecule has 0 spiro atoms. The number of nitrogens with zero attached hydrogens (tertiary/aromatic N) is 2. The van der Waals surface area contributed by atoms with Crippen molar-refractivity contribution in [2.24, 2.45) is 5.73 Å². The molecule has 0 saturated carbocycles. The molecule has 1 fully saturated rings. The minimum absolute atomic E-state index is 0.0243. The first-order valence-electron chi connectivity index (χ1n) is 6.24. The molecule has 5 heteroatoms. The summed E-state index contributed by atoms with van der Waals surface area (Å²) in [5.74, 6) is 0.896. The van der Waals surface area contributed by atoms with Crippen molar-refractivity contribution < 1.29 is 9.84 Å². The van der Waals surface area contributed by atoms with Gasteiger partial charge in [0.2, 0.25) is 0 Å². The van der Waals surface area contributed by atoms with E-state index in [4.69, 9.17) is 10.5 Å². The topological polar surface area (TPSA) is 71.6 Å². The Morgan fingerprint density at radius 2 is 2.33 bits per heavy atom. The second kappa shape index (κ2) is 5.22. The lowest BCUT2D eigenvalue weighted by atomic mass is 10.1. The van der Waals surface area contributed by atoms with E-state index in [1.165, 1.54) is 0 Å². The molecule has 100 valence electrons. The van der Waals surface area contributed by atoms with Gasteiger partial charge in [-0.25, -0.2) is 4.98 Å². The van der Waals surface area contributed by atoms with E-state index in [1.807, 2.05) is 32.0 Å². The lowest BCUT2D eigenvalue weighted by Crippen LogP contribution is -2.54. The van der Waals surface area contributed by atoms with Gasteiger partial charge in [0.15, 0.2) is 0 Å². The molecule has 0 aliphatic carbocycles. The summed E-state index contributed by atoms with van der Waals surface area (Å²) in [7, 11) is 0. The molecule has 0 amide bonds. The van der Waals surface area contributed by atoms with Crippen molar-refractivity contribution in [3.05, 3.63) is 23.9 Å².